The molecule has 0 aliphatic carbocycles. The summed E-state index contributed by atoms with van der Waals surface area (Å²) in [4.78, 5) is 38.3. The molecule has 0 radical (unpaired) electrons. The first kappa shape index (κ1) is 25.8. The Hall–Kier alpha value is -3.81. The van der Waals surface area contributed by atoms with E-state index in [2.05, 4.69) is 20.4 Å². The smallest absolute Gasteiger partial charge is 0.308 e. The Morgan fingerprint density at radius 2 is 1.94 bits per heavy atom. The molecule has 3 rings (SSSR count). The number of anilines is 1. The molecular formula is C21H25FN6O6S. The van der Waals surface area contributed by atoms with Crippen molar-refractivity contribution in [1.29, 1.82) is 0 Å². The summed E-state index contributed by atoms with van der Waals surface area (Å²) in [5.74, 6) is -1.97. The average Bonchev–Trinajstić information content (AvgIpc) is 3.34. The number of esters is 2. The number of ether oxygens (including phenoxy) is 3. The molecule has 0 atom stereocenters. The molecule has 14 heteroatoms. The summed E-state index contributed by atoms with van der Waals surface area (Å²) in [6.07, 6.45) is 1.40. The number of hydrogen-bond donors (Lipinski definition) is 1. The highest BCUT2D eigenvalue weighted by Crippen LogP contribution is 2.24. The molecule has 1 aromatic heterocycles. The van der Waals surface area contributed by atoms with Gasteiger partial charge < -0.3 is 29.3 Å². The van der Waals surface area contributed by atoms with Gasteiger partial charge in [-0.1, -0.05) is 5.21 Å². The van der Waals surface area contributed by atoms with Gasteiger partial charge in [0.1, 0.15) is 11.5 Å². The quantitative estimate of drug-likeness (QED) is 0.376. The average molecular weight is 509 g/mol. The molecule has 1 aromatic carbocycles. The van der Waals surface area contributed by atoms with Crippen molar-refractivity contribution in [2.24, 2.45) is 0 Å². The number of methoxy groups -OCH3 is 2. The Kier molecular flexibility index (Phi) is 8.89. The summed E-state index contributed by atoms with van der Waals surface area (Å²) in [6.45, 7) is 0.592. The number of halogens is 1. The topological polar surface area (TPSA) is 128 Å². The van der Waals surface area contributed by atoms with Gasteiger partial charge in [0.05, 0.1) is 57.7 Å². The summed E-state index contributed by atoms with van der Waals surface area (Å²) >= 11 is 4.91. The summed E-state index contributed by atoms with van der Waals surface area (Å²) in [6, 6.07) is 4.55. The van der Waals surface area contributed by atoms with Crippen LogP contribution in [0.25, 0.3) is 5.69 Å². The third-order valence-electron chi connectivity index (χ3n) is 5.14. The fourth-order valence-electron chi connectivity index (χ4n) is 3.21. The van der Waals surface area contributed by atoms with Crippen molar-refractivity contribution < 1.29 is 33.0 Å². The second-order valence-electron chi connectivity index (χ2n) is 7.44. The first-order valence-corrected chi connectivity index (χ1v) is 11.0. The Morgan fingerprint density at radius 3 is 2.63 bits per heavy atom. The maximum absolute atomic E-state index is 14.9. The second-order valence-corrected chi connectivity index (χ2v) is 7.81. The van der Waals surface area contributed by atoms with Crippen LogP contribution in [0.1, 0.15) is 18.5 Å². The van der Waals surface area contributed by atoms with Crippen LogP contribution >= 0.6 is 12.2 Å². The number of carbonyl (C=O) groups is 3. The van der Waals surface area contributed by atoms with Crippen LogP contribution < -0.4 is 10.2 Å². The van der Waals surface area contributed by atoms with E-state index < -0.39 is 17.8 Å². The lowest BCUT2D eigenvalue weighted by Gasteiger charge is -2.35. The summed E-state index contributed by atoms with van der Waals surface area (Å²) < 4.78 is 30.7. The van der Waals surface area contributed by atoms with Crippen LogP contribution in [0.2, 0.25) is 0 Å². The van der Waals surface area contributed by atoms with Crippen molar-refractivity contribution in [2.45, 2.75) is 19.4 Å². The predicted molar refractivity (Wildman–Crippen MR) is 124 cm³/mol. The van der Waals surface area contributed by atoms with Gasteiger partial charge in [-0.2, -0.15) is 0 Å². The number of thiocarbonyl (C=S) groups is 1. The standard InChI is InChI=1S/C21H25FN6O6S/c1-32-19(30)5-6-20(31)34-13-27-8-7-26(12-18(27)29)17-4-3-15(9-16(17)22)28-11-14(24-25-28)10-23-21(35)33-2/h3-4,9,11H,5-8,10,12-13H2,1-2H3,(H,23,35). The van der Waals surface area contributed by atoms with Crippen molar-refractivity contribution in [3.8, 4) is 5.69 Å². The van der Waals surface area contributed by atoms with E-state index in [0.717, 1.165) is 0 Å². The number of rotatable bonds is 9. The van der Waals surface area contributed by atoms with Gasteiger partial charge in [0, 0.05) is 19.2 Å². The van der Waals surface area contributed by atoms with Crippen LogP contribution in [0.4, 0.5) is 10.1 Å². The predicted octanol–water partition coefficient (Wildman–Crippen LogP) is 0.530. The molecule has 35 heavy (non-hydrogen) atoms. The summed E-state index contributed by atoms with van der Waals surface area (Å²) in [5.41, 5.74) is 1.31. The molecule has 0 bridgehead atoms. The molecule has 2 aromatic rings. The van der Waals surface area contributed by atoms with E-state index in [1.54, 1.807) is 23.2 Å². The number of hydrogen-bond acceptors (Lipinski definition) is 10. The van der Waals surface area contributed by atoms with E-state index in [9.17, 15) is 18.8 Å². The van der Waals surface area contributed by atoms with E-state index in [0.29, 0.717) is 24.5 Å². The second kappa shape index (κ2) is 12.1. The fraction of sp³-hybridized carbons (Fsp3) is 0.429. The SMILES string of the molecule is COC(=O)CCC(=O)OCN1CCN(c2ccc(-n3cc(CNC(=S)OC)nn3)cc2F)CC1=O. The number of piperazine rings is 1. The molecule has 1 fully saturated rings. The molecule has 0 unspecified atom stereocenters. The molecule has 1 aliphatic heterocycles. The highest BCUT2D eigenvalue weighted by molar-refractivity contribution is 7.80. The number of nitrogens with one attached hydrogen (secondary N) is 1. The first-order chi connectivity index (χ1) is 16.8. The minimum absolute atomic E-state index is 0.0749. The third-order valence-corrected chi connectivity index (χ3v) is 5.45. The molecule has 1 N–H and O–H groups in total. The normalized spacial score (nSPS) is 13.4. The Morgan fingerprint density at radius 1 is 1.17 bits per heavy atom. The molecule has 1 aliphatic rings. The largest absolute Gasteiger partial charge is 0.474 e. The minimum atomic E-state index is -0.610. The molecule has 0 saturated carbocycles. The van der Waals surface area contributed by atoms with Gasteiger partial charge in [0.15, 0.2) is 6.73 Å². The van der Waals surface area contributed by atoms with Crippen LogP contribution in [0, 0.1) is 5.82 Å². The van der Waals surface area contributed by atoms with E-state index in [4.69, 9.17) is 21.7 Å². The first-order valence-electron chi connectivity index (χ1n) is 10.6. The van der Waals surface area contributed by atoms with E-state index in [1.807, 2.05) is 0 Å². The Balaban J connectivity index is 1.54. The molecule has 1 saturated heterocycles. The molecule has 2 heterocycles. The lowest BCUT2D eigenvalue weighted by atomic mass is 10.2. The zero-order chi connectivity index (χ0) is 25.4. The van der Waals surface area contributed by atoms with E-state index >= 15 is 0 Å². The number of carbonyl (C=O) groups excluding carboxylic acids is 3. The molecule has 188 valence electrons. The lowest BCUT2D eigenvalue weighted by Crippen LogP contribution is -2.51. The van der Waals surface area contributed by atoms with Crippen LogP contribution in [-0.4, -0.2) is 83.5 Å². The molecule has 0 spiro atoms. The molecule has 12 nitrogen and oxygen atoms in total. The summed E-state index contributed by atoms with van der Waals surface area (Å²) in [5, 5.41) is 11.1. The van der Waals surface area contributed by atoms with Crippen molar-refractivity contribution in [3.63, 3.8) is 0 Å². The monoisotopic (exact) mass is 508 g/mol. The Bertz CT molecular complexity index is 1100. The van der Waals surface area contributed by atoms with Crippen LogP contribution in [-0.2, 0) is 35.1 Å². The van der Waals surface area contributed by atoms with E-state index in [1.165, 1.54) is 29.9 Å². The lowest BCUT2D eigenvalue weighted by molar-refractivity contribution is -0.155. The maximum Gasteiger partial charge on any atom is 0.308 e. The number of amides is 1. The number of aromatic nitrogens is 3. The highest BCUT2D eigenvalue weighted by atomic mass is 32.1. The van der Waals surface area contributed by atoms with Gasteiger partial charge >= 0.3 is 11.9 Å². The van der Waals surface area contributed by atoms with Crippen LogP contribution in [0.15, 0.2) is 24.4 Å². The maximum atomic E-state index is 14.9. The van der Waals surface area contributed by atoms with E-state index in [-0.39, 0.29) is 49.4 Å². The molecular weight excluding hydrogens is 483 g/mol. The van der Waals surface area contributed by atoms with Crippen LogP contribution in [0.3, 0.4) is 0 Å². The zero-order valence-electron chi connectivity index (χ0n) is 19.2. The highest BCUT2D eigenvalue weighted by Gasteiger charge is 2.26. The van der Waals surface area contributed by atoms with Gasteiger partial charge in [-0.15, -0.1) is 5.10 Å². The van der Waals surface area contributed by atoms with Crippen molar-refractivity contribution in [1.82, 2.24) is 25.2 Å². The van der Waals surface area contributed by atoms with Crippen molar-refractivity contribution >= 4 is 40.9 Å². The van der Waals surface area contributed by atoms with Gasteiger partial charge in [0.2, 0.25) is 5.91 Å². The number of benzene rings is 1. The zero-order valence-corrected chi connectivity index (χ0v) is 20.0. The Labute approximate surface area is 205 Å². The fourth-order valence-corrected chi connectivity index (χ4v) is 3.29. The van der Waals surface area contributed by atoms with Crippen LogP contribution in [0.5, 0.6) is 0 Å². The number of nitrogens with zero attached hydrogens (tertiary/aromatic N) is 5. The summed E-state index contributed by atoms with van der Waals surface area (Å²) in [7, 11) is 2.68. The van der Waals surface area contributed by atoms with Gasteiger partial charge in [0.25, 0.3) is 5.17 Å². The van der Waals surface area contributed by atoms with Crippen molar-refractivity contribution in [3.05, 3.63) is 35.9 Å². The van der Waals surface area contributed by atoms with Gasteiger partial charge in [-0.3, -0.25) is 14.4 Å². The third kappa shape index (κ3) is 7.09. The molecule has 1 amide bonds. The van der Waals surface area contributed by atoms with Gasteiger partial charge in [-0.05, 0) is 24.4 Å². The minimum Gasteiger partial charge on any atom is -0.474 e. The van der Waals surface area contributed by atoms with Gasteiger partial charge in [-0.25, -0.2) is 9.07 Å². The van der Waals surface area contributed by atoms with Crippen molar-refractivity contribution in [2.75, 3.05) is 45.5 Å².